The van der Waals surface area contributed by atoms with Crippen LogP contribution in [0.2, 0.25) is 0 Å². The number of rotatable bonds is 6. The summed E-state index contributed by atoms with van der Waals surface area (Å²) < 4.78 is 23.2. The van der Waals surface area contributed by atoms with E-state index in [0.717, 1.165) is 45.2 Å². The number of carbonyl (C=O) groups is 1. The van der Waals surface area contributed by atoms with Gasteiger partial charge in [0.15, 0.2) is 5.82 Å². The molecule has 1 amide bonds. The minimum Gasteiger partial charge on any atom is -0.508 e. The van der Waals surface area contributed by atoms with E-state index in [1.165, 1.54) is 12.1 Å². The second-order valence-corrected chi connectivity index (χ2v) is 12.6. The van der Waals surface area contributed by atoms with Crippen molar-refractivity contribution in [2.75, 3.05) is 37.7 Å². The maximum Gasteiger partial charge on any atom is 0.319 e. The zero-order chi connectivity index (χ0) is 30.9. The summed E-state index contributed by atoms with van der Waals surface area (Å²) in [5, 5.41) is 12.3. The molecule has 228 valence electrons. The number of aromatic hydroxyl groups is 1. The Balaban J connectivity index is 1.25. The van der Waals surface area contributed by atoms with Crippen molar-refractivity contribution in [2.45, 2.75) is 49.7 Å². The van der Waals surface area contributed by atoms with Crippen molar-refractivity contribution in [2.24, 2.45) is 0 Å². The Kier molecular flexibility index (Phi) is 6.43. The third-order valence-electron chi connectivity index (χ3n) is 10.3. The summed E-state index contributed by atoms with van der Waals surface area (Å²) in [7, 11) is 0. The standard InChI is InChI=1S/C35H33FN6O3/c1-3-21-8-5-9-22-16-23(43)17-24(29(21)22)31-30(36)32-25(18-37-31)33(42-19-27-26(42)10-15-41(27)28(44)4-2)39-34(38-32)45-20-35-11-6-13-40(35)14-7-12-35/h1,4-5,8-9,16-18,26-27,43H,2,6-7,10-15,19-20H2/t26-,27-/m1/s1. The number of ether oxygens (including phenoxy) is 1. The molecule has 0 aliphatic carbocycles. The highest BCUT2D eigenvalue weighted by Gasteiger charge is 2.50. The van der Waals surface area contributed by atoms with Gasteiger partial charge in [-0.15, -0.1) is 6.42 Å². The highest BCUT2D eigenvalue weighted by atomic mass is 19.1. The number of nitrogens with zero attached hydrogens (tertiary/aromatic N) is 6. The molecule has 0 radical (unpaired) electrons. The zero-order valence-electron chi connectivity index (χ0n) is 24.9. The van der Waals surface area contributed by atoms with E-state index in [9.17, 15) is 9.90 Å². The van der Waals surface area contributed by atoms with Crippen molar-refractivity contribution in [3.63, 3.8) is 0 Å². The number of amides is 1. The minimum absolute atomic E-state index is 0.0243. The molecule has 0 bridgehead atoms. The van der Waals surface area contributed by atoms with Gasteiger partial charge in [-0.3, -0.25) is 14.7 Å². The molecule has 4 saturated heterocycles. The van der Waals surface area contributed by atoms with Gasteiger partial charge in [0.2, 0.25) is 5.91 Å². The van der Waals surface area contributed by atoms with Gasteiger partial charge in [0.05, 0.1) is 23.0 Å². The molecule has 2 aromatic heterocycles. The third-order valence-corrected chi connectivity index (χ3v) is 10.3. The SMILES string of the molecule is C#Cc1cccc2cc(O)cc(-c3ncc4c(N5C[C@@H]6[C@H]5CCN6C(=O)C=C)nc(OCC56CCCN5CCC6)nc4c3F)c12. The number of phenolic OH excluding ortho intramolecular Hbond substituents is 1. The molecule has 4 fully saturated rings. The Morgan fingerprint density at radius 2 is 2.02 bits per heavy atom. The Hall–Kier alpha value is -4.75. The van der Waals surface area contributed by atoms with Gasteiger partial charge < -0.3 is 19.6 Å². The first-order chi connectivity index (χ1) is 21.9. The second kappa shape index (κ2) is 10.4. The number of aromatic nitrogens is 3. The summed E-state index contributed by atoms with van der Waals surface area (Å²) in [5.41, 5.74) is 1.03. The van der Waals surface area contributed by atoms with Crippen LogP contribution in [0.4, 0.5) is 10.2 Å². The molecule has 4 aromatic rings. The van der Waals surface area contributed by atoms with E-state index in [2.05, 4.69) is 32.3 Å². The number of pyridine rings is 1. The molecule has 10 heteroatoms. The van der Waals surface area contributed by atoms with Crippen LogP contribution in [-0.4, -0.2) is 86.2 Å². The number of hydrogen-bond acceptors (Lipinski definition) is 8. The number of phenols is 1. The first-order valence-corrected chi connectivity index (χ1v) is 15.6. The number of terminal acetylenes is 1. The molecule has 45 heavy (non-hydrogen) atoms. The van der Waals surface area contributed by atoms with Gasteiger partial charge in [-0.1, -0.05) is 24.6 Å². The normalized spacial score (nSPS) is 21.9. The van der Waals surface area contributed by atoms with Crippen LogP contribution >= 0.6 is 0 Å². The van der Waals surface area contributed by atoms with E-state index >= 15 is 4.39 Å². The molecule has 0 spiro atoms. The van der Waals surface area contributed by atoms with E-state index in [1.54, 1.807) is 24.4 Å². The average molecular weight is 605 g/mol. The highest BCUT2D eigenvalue weighted by Crippen LogP contribution is 2.43. The fourth-order valence-electron chi connectivity index (χ4n) is 8.13. The van der Waals surface area contributed by atoms with Crippen LogP contribution in [0.25, 0.3) is 32.9 Å². The van der Waals surface area contributed by atoms with Crippen LogP contribution < -0.4 is 9.64 Å². The van der Waals surface area contributed by atoms with Crippen molar-refractivity contribution in [3.8, 4) is 35.4 Å². The molecular weight excluding hydrogens is 571 g/mol. The van der Waals surface area contributed by atoms with Crippen LogP contribution in [0.5, 0.6) is 11.8 Å². The number of likely N-dealkylation sites (tertiary alicyclic amines) is 1. The highest BCUT2D eigenvalue weighted by molar-refractivity contribution is 6.03. The topological polar surface area (TPSA) is 94.9 Å². The number of anilines is 1. The van der Waals surface area contributed by atoms with Crippen LogP contribution in [0.1, 0.15) is 37.7 Å². The number of hydrogen-bond donors (Lipinski definition) is 1. The van der Waals surface area contributed by atoms with Crippen molar-refractivity contribution in [3.05, 3.63) is 60.6 Å². The minimum atomic E-state index is -0.645. The van der Waals surface area contributed by atoms with Gasteiger partial charge in [0.25, 0.3) is 0 Å². The summed E-state index contributed by atoms with van der Waals surface area (Å²) >= 11 is 0. The van der Waals surface area contributed by atoms with E-state index in [4.69, 9.17) is 16.1 Å². The van der Waals surface area contributed by atoms with E-state index in [-0.39, 0.29) is 46.5 Å². The molecule has 0 unspecified atom stereocenters. The van der Waals surface area contributed by atoms with Crippen molar-refractivity contribution >= 4 is 33.4 Å². The summed E-state index contributed by atoms with van der Waals surface area (Å²) in [6, 6.07) is 8.68. The first kappa shape index (κ1) is 27.8. The van der Waals surface area contributed by atoms with Gasteiger partial charge >= 0.3 is 6.01 Å². The number of benzene rings is 2. The number of carbonyl (C=O) groups excluding carboxylic acids is 1. The van der Waals surface area contributed by atoms with Gasteiger partial charge in [0.1, 0.15) is 29.4 Å². The Labute approximate surface area is 260 Å². The molecule has 0 saturated carbocycles. The van der Waals surface area contributed by atoms with E-state index in [0.29, 0.717) is 52.8 Å². The van der Waals surface area contributed by atoms with Crippen LogP contribution in [0, 0.1) is 18.2 Å². The summed E-state index contributed by atoms with van der Waals surface area (Å²) in [6.07, 6.45) is 13.9. The van der Waals surface area contributed by atoms with E-state index in [1.807, 2.05) is 11.0 Å². The average Bonchev–Trinajstić information content (AvgIpc) is 3.72. The maximum absolute atomic E-state index is 16.8. The largest absolute Gasteiger partial charge is 0.508 e. The van der Waals surface area contributed by atoms with Crippen molar-refractivity contribution in [1.29, 1.82) is 0 Å². The molecule has 1 N–H and O–H groups in total. The van der Waals surface area contributed by atoms with Gasteiger partial charge in [-0.2, -0.15) is 9.97 Å². The predicted molar refractivity (Wildman–Crippen MR) is 170 cm³/mol. The summed E-state index contributed by atoms with van der Waals surface area (Å²) in [4.78, 5) is 33.0. The quantitative estimate of drug-likeness (QED) is 0.251. The lowest BCUT2D eigenvalue weighted by atomic mass is 9.95. The van der Waals surface area contributed by atoms with Crippen LogP contribution in [-0.2, 0) is 4.79 Å². The summed E-state index contributed by atoms with van der Waals surface area (Å²) in [5.74, 6) is 2.47. The van der Waals surface area contributed by atoms with Crippen molar-refractivity contribution in [1.82, 2.24) is 24.8 Å². The fourth-order valence-corrected chi connectivity index (χ4v) is 8.13. The lowest BCUT2D eigenvalue weighted by Gasteiger charge is -2.47. The molecule has 9 nitrogen and oxygen atoms in total. The first-order valence-electron chi connectivity index (χ1n) is 15.6. The van der Waals surface area contributed by atoms with Crippen molar-refractivity contribution < 1.29 is 19.0 Å². The fraction of sp³-hybridized carbons (Fsp3) is 0.371. The maximum atomic E-state index is 16.8. The molecule has 2 aromatic carbocycles. The molecular formula is C35H33FN6O3. The second-order valence-electron chi connectivity index (χ2n) is 12.6. The lowest BCUT2D eigenvalue weighted by Crippen LogP contribution is -2.63. The molecule has 4 aliphatic heterocycles. The monoisotopic (exact) mass is 604 g/mol. The van der Waals surface area contributed by atoms with Gasteiger partial charge in [0, 0.05) is 35.8 Å². The Morgan fingerprint density at radius 1 is 1.20 bits per heavy atom. The zero-order valence-corrected chi connectivity index (χ0v) is 24.9. The van der Waals surface area contributed by atoms with Gasteiger partial charge in [-0.05, 0) is 74.9 Å². The Bertz CT molecular complexity index is 1930. The number of fused-ring (bicyclic) bond motifs is 4. The van der Waals surface area contributed by atoms with Crippen LogP contribution in [0.15, 0.2) is 49.2 Å². The third kappa shape index (κ3) is 4.25. The number of halogens is 1. The molecule has 6 heterocycles. The molecule has 2 atom stereocenters. The smallest absolute Gasteiger partial charge is 0.319 e. The Morgan fingerprint density at radius 3 is 2.80 bits per heavy atom. The van der Waals surface area contributed by atoms with Crippen LogP contribution in [0.3, 0.4) is 0 Å². The van der Waals surface area contributed by atoms with Gasteiger partial charge in [-0.25, -0.2) is 4.39 Å². The predicted octanol–water partition coefficient (Wildman–Crippen LogP) is 4.65. The molecule has 8 rings (SSSR count). The van der Waals surface area contributed by atoms with E-state index < -0.39 is 5.82 Å². The summed E-state index contributed by atoms with van der Waals surface area (Å²) in [6.45, 7) is 7.39. The lowest BCUT2D eigenvalue weighted by molar-refractivity contribution is -0.127. The molecule has 4 aliphatic rings.